The molecular weight excluding hydrogens is 258 g/mol. The Kier molecular flexibility index (Phi) is 5.58. The van der Waals surface area contributed by atoms with Crippen molar-refractivity contribution in [1.29, 1.82) is 0 Å². The van der Waals surface area contributed by atoms with Crippen molar-refractivity contribution in [3.63, 3.8) is 0 Å². The highest BCUT2D eigenvalue weighted by molar-refractivity contribution is 4.97. The second-order valence-electron chi connectivity index (χ2n) is 7.57. The van der Waals surface area contributed by atoms with Crippen LogP contribution in [0.5, 0.6) is 0 Å². The van der Waals surface area contributed by atoms with Crippen LogP contribution in [0.4, 0.5) is 0 Å². The Morgan fingerprint density at radius 3 is 2.14 bits per heavy atom. The molecule has 0 amide bonds. The minimum atomic E-state index is 0.827. The van der Waals surface area contributed by atoms with E-state index in [1.807, 2.05) is 0 Å². The molecule has 1 N–H and O–H groups in total. The van der Waals surface area contributed by atoms with Crippen molar-refractivity contribution in [3.05, 3.63) is 0 Å². The molecule has 3 heterocycles. The van der Waals surface area contributed by atoms with E-state index in [0.29, 0.717) is 0 Å². The molecule has 3 heteroatoms. The Balaban J connectivity index is 1.57. The Hall–Kier alpha value is -0.120. The molecule has 3 fully saturated rings. The molecule has 3 rings (SSSR count). The first-order chi connectivity index (χ1) is 10.3. The number of nitrogens with zero attached hydrogens (tertiary/aromatic N) is 2. The number of likely N-dealkylation sites (tertiary alicyclic amines) is 1. The van der Waals surface area contributed by atoms with Crippen LogP contribution in [0.25, 0.3) is 0 Å². The smallest absolute Gasteiger partial charge is 0.0128 e. The summed E-state index contributed by atoms with van der Waals surface area (Å²) in [7, 11) is 0. The molecule has 0 saturated carbocycles. The molecule has 3 nitrogen and oxygen atoms in total. The van der Waals surface area contributed by atoms with Gasteiger partial charge in [0, 0.05) is 24.2 Å². The monoisotopic (exact) mass is 293 g/mol. The summed E-state index contributed by atoms with van der Waals surface area (Å²) in [5.74, 6) is 0. The molecule has 0 aromatic carbocycles. The van der Waals surface area contributed by atoms with Gasteiger partial charge < -0.3 is 10.2 Å². The van der Waals surface area contributed by atoms with Gasteiger partial charge in [-0.25, -0.2) is 0 Å². The van der Waals surface area contributed by atoms with E-state index in [4.69, 9.17) is 0 Å². The van der Waals surface area contributed by atoms with Crippen LogP contribution in [0, 0.1) is 0 Å². The third-order valence-electron chi connectivity index (χ3n) is 5.96. The molecule has 0 radical (unpaired) electrons. The van der Waals surface area contributed by atoms with Gasteiger partial charge in [0.1, 0.15) is 0 Å². The van der Waals surface area contributed by atoms with E-state index in [2.05, 4.69) is 29.0 Å². The van der Waals surface area contributed by atoms with E-state index in [1.165, 1.54) is 77.5 Å². The van der Waals surface area contributed by atoms with Crippen LogP contribution in [0.2, 0.25) is 0 Å². The third kappa shape index (κ3) is 3.80. The summed E-state index contributed by atoms with van der Waals surface area (Å²) in [6, 6.07) is 3.38. The minimum Gasteiger partial charge on any atom is -0.311 e. The lowest BCUT2D eigenvalue weighted by Gasteiger charge is -2.45. The van der Waals surface area contributed by atoms with Crippen LogP contribution in [0.15, 0.2) is 0 Å². The van der Waals surface area contributed by atoms with Crippen molar-refractivity contribution in [2.75, 3.05) is 26.2 Å². The van der Waals surface area contributed by atoms with Crippen molar-refractivity contribution >= 4 is 0 Å². The zero-order valence-electron chi connectivity index (χ0n) is 14.2. The number of piperidine rings is 2. The number of fused-ring (bicyclic) bond motifs is 2. The normalized spacial score (nSPS) is 34.7. The van der Waals surface area contributed by atoms with Gasteiger partial charge in [-0.1, -0.05) is 13.8 Å². The Bertz CT molecular complexity index is 300. The molecule has 0 aliphatic carbocycles. The van der Waals surface area contributed by atoms with Crippen molar-refractivity contribution in [1.82, 2.24) is 15.1 Å². The van der Waals surface area contributed by atoms with Gasteiger partial charge in [0.05, 0.1) is 0 Å². The average molecular weight is 293 g/mol. The number of nitrogens with one attached hydrogen (secondary N) is 1. The zero-order chi connectivity index (χ0) is 14.7. The van der Waals surface area contributed by atoms with Crippen molar-refractivity contribution in [3.8, 4) is 0 Å². The molecule has 2 atom stereocenters. The van der Waals surface area contributed by atoms with E-state index in [-0.39, 0.29) is 0 Å². The first-order valence-corrected chi connectivity index (χ1v) is 9.54. The predicted molar refractivity (Wildman–Crippen MR) is 89.7 cm³/mol. The van der Waals surface area contributed by atoms with Gasteiger partial charge in [-0.15, -0.1) is 0 Å². The third-order valence-corrected chi connectivity index (χ3v) is 5.96. The first-order valence-electron chi connectivity index (χ1n) is 9.54. The van der Waals surface area contributed by atoms with Crippen LogP contribution >= 0.6 is 0 Å². The fraction of sp³-hybridized carbons (Fsp3) is 1.00. The Morgan fingerprint density at radius 1 is 0.905 bits per heavy atom. The maximum Gasteiger partial charge on any atom is 0.0128 e. The van der Waals surface area contributed by atoms with E-state index in [0.717, 1.165) is 24.2 Å². The van der Waals surface area contributed by atoms with Gasteiger partial charge in [-0.05, 0) is 77.5 Å². The molecule has 0 aromatic heterocycles. The summed E-state index contributed by atoms with van der Waals surface area (Å²) < 4.78 is 0. The molecule has 3 aliphatic rings. The highest BCUT2D eigenvalue weighted by atomic mass is 15.2. The highest BCUT2D eigenvalue weighted by Crippen LogP contribution is 2.32. The van der Waals surface area contributed by atoms with Gasteiger partial charge in [0.25, 0.3) is 0 Å². The lowest BCUT2D eigenvalue weighted by molar-refractivity contribution is 0.0517. The standard InChI is InChI=1S/C18H35N3/c1-3-9-20-11-7-17(8-12-20)21(10-4-2)18-13-15-5-6-16(14-18)19-15/h15-19H,3-14H2,1-2H3. The van der Waals surface area contributed by atoms with Gasteiger partial charge in [0.2, 0.25) is 0 Å². The molecule has 3 saturated heterocycles. The second kappa shape index (κ2) is 7.43. The molecule has 2 unspecified atom stereocenters. The number of hydrogen-bond donors (Lipinski definition) is 1. The van der Waals surface area contributed by atoms with Crippen LogP contribution in [0.3, 0.4) is 0 Å². The molecule has 122 valence electrons. The average Bonchev–Trinajstić information content (AvgIpc) is 2.85. The molecular formula is C18H35N3. The molecule has 3 aliphatic heterocycles. The van der Waals surface area contributed by atoms with Crippen molar-refractivity contribution < 1.29 is 0 Å². The van der Waals surface area contributed by atoms with Crippen LogP contribution in [0.1, 0.15) is 65.2 Å². The van der Waals surface area contributed by atoms with Crippen molar-refractivity contribution in [2.45, 2.75) is 89.4 Å². The summed E-state index contributed by atoms with van der Waals surface area (Å²) in [6.45, 7) is 9.95. The van der Waals surface area contributed by atoms with Gasteiger partial charge in [-0.2, -0.15) is 0 Å². The number of rotatable bonds is 6. The van der Waals surface area contributed by atoms with E-state index < -0.39 is 0 Å². The topological polar surface area (TPSA) is 18.5 Å². The van der Waals surface area contributed by atoms with E-state index in [9.17, 15) is 0 Å². The van der Waals surface area contributed by atoms with E-state index in [1.54, 1.807) is 0 Å². The molecule has 2 bridgehead atoms. The second-order valence-corrected chi connectivity index (χ2v) is 7.57. The van der Waals surface area contributed by atoms with Gasteiger partial charge in [0.15, 0.2) is 0 Å². The zero-order valence-corrected chi connectivity index (χ0v) is 14.2. The first kappa shape index (κ1) is 15.8. The fourth-order valence-electron chi connectivity index (χ4n) is 5.01. The predicted octanol–water partition coefficient (Wildman–Crippen LogP) is 2.86. The summed E-state index contributed by atoms with van der Waals surface area (Å²) >= 11 is 0. The summed E-state index contributed by atoms with van der Waals surface area (Å²) in [4.78, 5) is 5.60. The summed E-state index contributed by atoms with van der Waals surface area (Å²) in [6.07, 6.45) is 11.1. The van der Waals surface area contributed by atoms with Gasteiger partial charge >= 0.3 is 0 Å². The SMILES string of the molecule is CCCN1CCC(N(CCC)C2CC3CCC(C2)N3)CC1. The minimum absolute atomic E-state index is 0.827. The maximum absolute atomic E-state index is 3.81. The van der Waals surface area contributed by atoms with Crippen LogP contribution in [-0.4, -0.2) is 60.1 Å². The molecule has 0 aromatic rings. The molecule has 0 spiro atoms. The van der Waals surface area contributed by atoms with Crippen molar-refractivity contribution in [2.24, 2.45) is 0 Å². The quantitative estimate of drug-likeness (QED) is 0.812. The number of hydrogen-bond acceptors (Lipinski definition) is 3. The van der Waals surface area contributed by atoms with Gasteiger partial charge in [-0.3, -0.25) is 4.90 Å². The van der Waals surface area contributed by atoms with E-state index >= 15 is 0 Å². The Morgan fingerprint density at radius 2 is 1.57 bits per heavy atom. The maximum atomic E-state index is 3.81. The van der Waals surface area contributed by atoms with Crippen LogP contribution in [-0.2, 0) is 0 Å². The largest absolute Gasteiger partial charge is 0.311 e. The Labute approximate surface area is 131 Å². The molecule has 21 heavy (non-hydrogen) atoms. The lowest BCUT2D eigenvalue weighted by Crippen LogP contribution is -2.54. The summed E-state index contributed by atoms with van der Waals surface area (Å²) in [5.41, 5.74) is 0. The lowest BCUT2D eigenvalue weighted by atomic mass is 9.93. The highest BCUT2D eigenvalue weighted by Gasteiger charge is 2.38. The summed E-state index contributed by atoms with van der Waals surface area (Å²) in [5, 5.41) is 3.81. The fourth-order valence-corrected chi connectivity index (χ4v) is 5.01. The van der Waals surface area contributed by atoms with Crippen LogP contribution < -0.4 is 5.32 Å².